The molecule has 0 saturated carbocycles. The van der Waals surface area contributed by atoms with Gasteiger partial charge in [0.25, 0.3) is 11.8 Å². The van der Waals surface area contributed by atoms with E-state index in [0.29, 0.717) is 37.3 Å². The molecule has 1 fully saturated rings. The van der Waals surface area contributed by atoms with Gasteiger partial charge in [0.1, 0.15) is 17.8 Å². The van der Waals surface area contributed by atoms with Gasteiger partial charge in [-0.3, -0.25) is 19.3 Å². The predicted octanol–water partition coefficient (Wildman–Crippen LogP) is 2.25. The zero-order valence-corrected chi connectivity index (χ0v) is 17.7. The Bertz CT molecular complexity index is 1160. The second kappa shape index (κ2) is 7.66. The van der Waals surface area contributed by atoms with Crippen molar-refractivity contribution in [2.45, 2.75) is 0 Å². The zero-order valence-electron chi connectivity index (χ0n) is 16.9. The van der Waals surface area contributed by atoms with Crippen molar-refractivity contribution in [1.29, 1.82) is 0 Å². The number of piperazine rings is 1. The predicted molar refractivity (Wildman–Crippen MR) is 117 cm³/mol. The Morgan fingerprint density at radius 2 is 1.68 bits per heavy atom. The number of ether oxygens (including phenoxy) is 1. The molecule has 1 saturated heterocycles. The van der Waals surface area contributed by atoms with Crippen molar-refractivity contribution in [3.8, 4) is 5.75 Å². The Balaban J connectivity index is 1.24. The largest absolute Gasteiger partial charge is 0.494 e. The van der Waals surface area contributed by atoms with E-state index in [-0.39, 0.29) is 12.5 Å². The summed E-state index contributed by atoms with van der Waals surface area (Å²) < 4.78 is 6.45. The molecule has 2 aliphatic rings. The van der Waals surface area contributed by atoms with Gasteiger partial charge in [-0.1, -0.05) is 29.5 Å². The molecule has 3 heterocycles. The van der Waals surface area contributed by atoms with Crippen LogP contribution in [-0.4, -0.2) is 72.3 Å². The van der Waals surface area contributed by atoms with Crippen molar-refractivity contribution >= 4 is 44.4 Å². The number of benzene rings is 2. The first kappa shape index (κ1) is 19.5. The summed E-state index contributed by atoms with van der Waals surface area (Å²) in [6.45, 7) is 2.06. The fraction of sp³-hybridized carbons (Fsp3) is 0.273. The lowest BCUT2D eigenvalue weighted by atomic mass is 10.1. The summed E-state index contributed by atoms with van der Waals surface area (Å²) >= 11 is 1.60. The fourth-order valence-electron chi connectivity index (χ4n) is 3.98. The third-order valence-corrected chi connectivity index (χ3v) is 6.75. The van der Waals surface area contributed by atoms with E-state index in [1.165, 1.54) is 0 Å². The van der Waals surface area contributed by atoms with Crippen molar-refractivity contribution in [3.05, 3.63) is 53.6 Å². The maximum atomic E-state index is 12.8. The molecule has 0 radical (unpaired) electrons. The van der Waals surface area contributed by atoms with Gasteiger partial charge in [-0.2, -0.15) is 0 Å². The zero-order chi connectivity index (χ0) is 21.5. The van der Waals surface area contributed by atoms with Crippen LogP contribution in [-0.2, 0) is 4.79 Å². The van der Waals surface area contributed by atoms with Crippen LogP contribution < -0.4 is 9.64 Å². The van der Waals surface area contributed by atoms with Crippen LogP contribution in [0.5, 0.6) is 5.75 Å². The van der Waals surface area contributed by atoms with E-state index in [1.54, 1.807) is 47.6 Å². The van der Waals surface area contributed by atoms with Gasteiger partial charge in [0.15, 0.2) is 5.13 Å². The van der Waals surface area contributed by atoms with Crippen molar-refractivity contribution < 1.29 is 19.1 Å². The number of imide groups is 1. The molecular weight excluding hydrogens is 416 g/mol. The molecule has 31 heavy (non-hydrogen) atoms. The first-order valence-corrected chi connectivity index (χ1v) is 10.8. The molecule has 8 nitrogen and oxygen atoms in total. The number of carbonyl (C=O) groups is 3. The molecule has 3 amide bonds. The monoisotopic (exact) mass is 436 g/mol. The van der Waals surface area contributed by atoms with Gasteiger partial charge in [-0.05, 0) is 24.3 Å². The van der Waals surface area contributed by atoms with E-state index in [4.69, 9.17) is 9.72 Å². The van der Waals surface area contributed by atoms with Crippen LogP contribution >= 0.6 is 11.3 Å². The number of thiazole rings is 1. The van der Waals surface area contributed by atoms with Crippen LogP contribution in [0, 0.1) is 0 Å². The summed E-state index contributed by atoms with van der Waals surface area (Å²) in [6, 6.07) is 12.5. The minimum absolute atomic E-state index is 0.222. The lowest BCUT2D eigenvalue weighted by Crippen LogP contribution is -2.51. The SMILES string of the molecule is COc1cccc2sc(N3CCN(C(=O)CN4C(=O)c5ccccc5C4=O)CC3)nc12. The summed E-state index contributed by atoms with van der Waals surface area (Å²) in [6.07, 6.45) is 0. The van der Waals surface area contributed by atoms with Crippen LogP contribution in [0.15, 0.2) is 42.5 Å². The van der Waals surface area contributed by atoms with E-state index in [9.17, 15) is 14.4 Å². The molecule has 5 rings (SSSR count). The molecule has 0 unspecified atom stereocenters. The number of anilines is 1. The average Bonchev–Trinajstić information content (AvgIpc) is 3.35. The van der Waals surface area contributed by atoms with Gasteiger partial charge in [-0.25, -0.2) is 4.98 Å². The standard InChI is InChI=1S/C22H20N4O4S/c1-30-16-7-4-8-17-19(16)23-22(31-17)25-11-9-24(10-12-25)18(27)13-26-20(28)14-5-2-3-6-15(14)21(26)29/h2-8H,9-13H2,1H3. The minimum atomic E-state index is -0.406. The van der Waals surface area contributed by atoms with Gasteiger partial charge < -0.3 is 14.5 Å². The number of hydrogen-bond donors (Lipinski definition) is 0. The Hall–Kier alpha value is -3.46. The lowest BCUT2D eigenvalue weighted by molar-refractivity contribution is -0.131. The van der Waals surface area contributed by atoms with Gasteiger partial charge in [-0.15, -0.1) is 0 Å². The smallest absolute Gasteiger partial charge is 0.262 e. The number of fused-ring (bicyclic) bond motifs is 2. The second-order valence-electron chi connectivity index (χ2n) is 7.41. The molecule has 0 N–H and O–H groups in total. The molecule has 1 aromatic heterocycles. The average molecular weight is 436 g/mol. The van der Waals surface area contributed by atoms with Crippen LogP contribution in [0.1, 0.15) is 20.7 Å². The highest BCUT2D eigenvalue weighted by Crippen LogP contribution is 2.34. The van der Waals surface area contributed by atoms with Crippen LogP contribution in [0.4, 0.5) is 5.13 Å². The molecular formula is C22H20N4O4S. The third kappa shape index (κ3) is 3.31. The minimum Gasteiger partial charge on any atom is -0.494 e. The first-order valence-electron chi connectivity index (χ1n) is 9.98. The molecule has 0 aliphatic carbocycles. The summed E-state index contributed by atoms with van der Waals surface area (Å²) in [5.74, 6) is -0.290. The highest BCUT2D eigenvalue weighted by molar-refractivity contribution is 7.22. The maximum Gasteiger partial charge on any atom is 0.262 e. The Labute approximate surface area is 182 Å². The molecule has 3 aromatic rings. The number of aromatic nitrogens is 1. The van der Waals surface area contributed by atoms with Gasteiger partial charge in [0.05, 0.1) is 22.9 Å². The van der Waals surface area contributed by atoms with Crippen LogP contribution in [0.3, 0.4) is 0 Å². The first-order chi connectivity index (χ1) is 15.1. The fourth-order valence-corrected chi connectivity index (χ4v) is 5.01. The number of methoxy groups -OCH3 is 1. The highest BCUT2D eigenvalue weighted by atomic mass is 32.1. The Morgan fingerprint density at radius 1 is 1.00 bits per heavy atom. The van der Waals surface area contributed by atoms with Crippen molar-refractivity contribution in [2.75, 3.05) is 44.7 Å². The van der Waals surface area contributed by atoms with Crippen molar-refractivity contribution in [3.63, 3.8) is 0 Å². The number of nitrogens with zero attached hydrogens (tertiary/aromatic N) is 4. The molecule has 0 atom stereocenters. The van der Waals surface area contributed by atoms with E-state index >= 15 is 0 Å². The number of para-hydroxylation sites is 1. The Morgan fingerprint density at radius 3 is 2.32 bits per heavy atom. The Kier molecular flexibility index (Phi) is 4.82. The van der Waals surface area contributed by atoms with Crippen LogP contribution in [0.2, 0.25) is 0 Å². The normalized spacial score (nSPS) is 16.2. The number of hydrogen-bond acceptors (Lipinski definition) is 7. The van der Waals surface area contributed by atoms with E-state index in [2.05, 4.69) is 4.90 Å². The summed E-state index contributed by atoms with van der Waals surface area (Å²) in [7, 11) is 1.63. The van der Waals surface area contributed by atoms with E-state index in [1.807, 2.05) is 18.2 Å². The van der Waals surface area contributed by atoms with Crippen molar-refractivity contribution in [1.82, 2.24) is 14.8 Å². The molecule has 2 aliphatic heterocycles. The molecule has 0 spiro atoms. The summed E-state index contributed by atoms with van der Waals surface area (Å²) in [5.41, 5.74) is 1.56. The molecule has 2 aromatic carbocycles. The highest BCUT2D eigenvalue weighted by Gasteiger charge is 2.37. The second-order valence-corrected chi connectivity index (χ2v) is 8.42. The van der Waals surface area contributed by atoms with Crippen LogP contribution in [0.25, 0.3) is 10.2 Å². The summed E-state index contributed by atoms with van der Waals surface area (Å²) in [4.78, 5) is 47.4. The quantitative estimate of drug-likeness (QED) is 0.584. The maximum absolute atomic E-state index is 12.8. The van der Waals surface area contributed by atoms with Gasteiger partial charge in [0, 0.05) is 26.2 Å². The summed E-state index contributed by atoms with van der Waals surface area (Å²) in [5, 5.41) is 0.895. The molecule has 0 bridgehead atoms. The van der Waals surface area contributed by atoms with Crippen molar-refractivity contribution in [2.24, 2.45) is 0 Å². The number of amides is 3. The topological polar surface area (TPSA) is 83.0 Å². The third-order valence-electron chi connectivity index (χ3n) is 5.67. The van der Waals surface area contributed by atoms with Gasteiger partial charge in [0.2, 0.25) is 5.91 Å². The number of carbonyl (C=O) groups excluding carboxylic acids is 3. The lowest BCUT2D eigenvalue weighted by Gasteiger charge is -2.35. The van der Waals surface area contributed by atoms with E-state index in [0.717, 1.165) is 26.0 Å². The van der Waals surface area contributed by atoms with Gasteiger partial charge >= 0.3 is 0 Å². The van der Waals surface area contributed by atoms with E-state index < -0.39 is 11.8 Å². The number of rotatable bonds is 4. The molecule has 158 valence electrons. The molecule has 9 heteroatoms.